The minimum atomic E-state index is -0.416. The molecule has 1 aliphatic rings. The second-order valence-corrected chi connectivity index (χ2v) is 8.22. The number of benzene rings is 2. The summed E-state index contributed by atoms with van der Waals surface area (Å²) in [4.78, 5) is 41.7. The van der Waals surface area contributed by atoms with E-state index in [1.165, 1.54) is 24.3 Å². The molecule has 1 fully saturated rings. The van der Waals surface area contributed by atoms with Gasteiger partial charge in [-0.3, -0.25) is 19.3 Å². The van der Waals surface area contributed by atoms with Gasteiger partial charge in [-0.05, 0) is 59.7 Å². The van der Waals surface area contributed by atoms with Crippen molar-refractivity contribution in [3.05, 3.63) is 76.1 Å². The summed E-state index contributed by atoms with van der Waals surface area (Å²) < 4.78 is 13.0. The number of rotatable bonds is 6. The molecule has 3 amide bonds. The molecule has 31 heavy (non-hydrogen) atoms. The number of nitrogens with one attached hydrogen (secondary N) is 2. The Labute approximate surface area is 182 Å². The van der Waals surface area contributed by atoms with E-state index in [-0.39, 0.29) is 41.4 Å². The molecule has 0 unspecified atom stereocenters. The molecule has 0 atom stereocenters. The Kier molecular flexibility index (Phi) is 5.90. The number of nitrogens with zero attached hydrogens (tertiary/aromatic N) is 1. The first-order valence-electron chi connectivity index (χ1n) is 9.75. The van der Waals surface area contributed by atoms with Crippen molar-refractivity contribution in [3.8, 4) is 0 Å². The van der Waals surface area contributed by atoms with Crippen LogP contribution in [0.15, 0.2) is 53.6 Å². The van der Waals surface area contributed by atoms with Crippen molar-refractivity contribution in [1.29, 1.82) is 0 Å². The molecule has 2 N–H and O–H groups in total. The molecular weight excluding hydrogens is 417 g/mol. The van der Waals surface area contributed by atoms with Crippen LogP contribution in [0.4, 0.5) is 9.18 Å². The number of aromatic nitrogens is 1. The molecule has 2 heterocycles. The number of H-pyrrole nitrogens is 1. The third-order valence-electron chi connectivity index (χ3n) is 5.05. The SMILES string of the molecule is Cc1cccc2[nH]cc(CC(=O)NCCN3C(=O)SC(=Cc4ccc(F)cc4)C3=O)c12. The summed E-state index contributed by atoms with van der Waals surface area (Å²) in [5.41, 5.74) is 3.61. The van der Waals surface area contributed by atoms with Gasteiger partial charge in [-0.25, -0.2) is 4.39 Å². The maximum Gasteiger partial charge on any atom is 0.293 e. The van der Waals surface area contributed by atoms with Gasteiger partial charge in [-0.2, -0.15) is 0 Å². The number of carbonyl (C=O) groups is 3. The topological polar surface area (TPSA) is 82.3 Å². The van der Waals surface area contributed by atoms with Crippen LogP contribution in [0.5, 0.6) is 0 Å². The number of aryl methyl sites for hydroxylation is 1. The fourth-order valence-corrected chi connectivity index (χ4v) is 4.40. The van der Waals surface area contributed by atoms with Gasteiger partial charge in [0.1, 0.15) is 5.82 Å². The Morgan fingerprint density at radius 1 is 1.19 bits per heavy atom. The minimum absolute atomic E-state index is 0.0874. The highest BCUT2D eigenvalue weighted by Crippen LogP contribution is 2.32. The highest BCUT2D eigenvalue weighted by Gasteiger charge is 2.34. The predicted octanol–water partition coefficient (Wildman–Crippen LogP) is 4.01. The molecule has 1 saturated heterocycles. The zero-order valence-electron chi connectivity index (χ0n) is 16.8. The van der Waals surface area contributed by atoms with Crippen molar-refractivity contribution in [2.75, 3.05) is 13.1 Å². The molecule has 0 bridgehead atoms. The van der Waals surface area contributed by atoms with Crippen molar-refractivity contribution in [2.45, 2.75) is 13.3 Å². The molecule has 158 valence electrons. The zero-order valence-corrected chi connectivity index (χ0v) is 17.6. The van der Waals surface area contributed by atoms with E-state index in [1.807, 2.05) is 31.3 Å². The number of fused-ring (bicyclic) bond motifs is 1. The first kappa shape index (κ1) is 20.9. The Bertz CT molecular complexity index is 1200. The van der Waals surface area contributed by atoms with Gasteiger partial charge in [0.25, 0.3) is 11.1 Å². The van der Waals surface area contributed by atoms with Crippen LogP contribution in [-0.2, 0) is 16.0 Å². The van der Waals surface area contributed by atoms with Crippen LogP contribution in [0.2, 0.25) is 0 Å². The van der Waals surface area contributed by atoms with Crippen molar-refractivity contribution in [3.63, 3.8) is 0 Å². The predicted molar refractivity (Wildman–Crippen MR) is 119 cm³/mol. The van der Waals surface area contributed by atoms with Crippen molar-refractivity contribution >= 4 is 45.8 Å². The summed E-state index contributed by atoms with van der Waals surface area (Å²) in [7, 11) is 0. The number of imide groups is 1. The monoisotopic (exact) mass is 437 g/mol. The van der Waals surface area contributed by atoms with Crippen LogP contribution >= 0.6 is 11.8 Å². The van der Waals surface area contributed by atoms with E-state index in [0.29, 0.717) is 5.56 Å². The largest absolute Gasteiger partial charge is 0.361 e. The summed E-state index contributed by atoms with van der Waals surface area (Å²) in [6.45, 7) is 2.25. The number of aromatic amines is 1. The quantitative estimate of drug-likeness (QED) is 0.571. The molecule has 2 aromatic carbocycles. The Morgan fingerprint density at radius 2 is 1.97 bits per heavy atom. The Morgan fingerprint density at radius 3 is 2.74 bits per heavy atom. The minimum Gasteiger partial charge on any atom is -0.361 e. The Hall–Kier alpha value is -3.39. The second-order valence-electron chi connectivity index (χ2n) is 7.22. The molecule has 4 rings (SSSR count). The van der Waals surface area contributed by atoms with E-state index in [4.69, 9.17) is 0 Å². The standard InChI is InChI=1S/C23H20FN3O3S/c1-14-3-2-4-18-21(14)16(13-26-18)12-20(28)25-9-10-27-22(29)19(31-23(27)30)11-15-5-7-17(24)8-6-15/h2-8,11,13,26H,9-10,12H2,1H3,(H,25,28). The lowest BCUT2D eigenvalue weighted by Gasteiger charge is -2.13. The fourth-order valence-electron chi connectivity index (χ4n) is 3.54. The first-order chi connectivity index (χ1) is 14.9. The average molecular weight is 437 g/mol. The Balaban J connectivity index is 1.33. The van der Waals surface area contributed by atoms with Crippen LogP contribution in [0.25, 0.3) is 17.0 Å². The first-order valence-corrected chi connectivity index (χ1v) is 10.6. The highest BCUT2D eigenvalue weighted by molar-refractivity contribution is 8.18. The lowest BCUT2D eigenvalue weighted by Crippen LogP contribution is -2.37. The molecule has 6 nitrogen and oxygen atoms in total. The normalized spacial score (nSPS) is 15.3. The van der Waals surface area contributed by atoms with Crippen LogP contribution in [0, 0.1) is 12.7 Å². The van der Waals surface area contributed by atoms with E-state index < -0.39 is 5.91 Å². The smallest absolute Gasteiger partial charge is 0.293 e. The van der Waals surface area contributed by atoms with Gasteiger partial charge in [0.2, 0.25) is 5.91 Å². The van der Waals surface area contributed by atoms with Crippen LogP contribution in [0.1, 0.15) is 16.7 Å². The van der Waals surface area contributed by atoms with Gasteiger partial charge in [-0.1, -0.05) is 24.3 Å². The molecule has 0 saturated carbocycles. The van der Waals surface area contributed by atoms with E-state index in [9.17, 15) is 18.8 Å². The van der Waals surface area contributed by atoms with E-state index in [0.717, 1.165) is 38.7 Å². The van der Waals surface area contributed by atoms with Gasteiger partial charge in [0, 0.05) is 30.2 Å². The molecule has 1 aromatic heterocycles. The van der Waals surface area contributed by atoms with Gasteiger partial charge in [0.15, 0.2) is 0 Å². The number of hydrogen-bond acceptors (Lipinski definition) is 4. The lowest BCUT2D eigenvalue weighted by molar-refractivity contribution is -0.124. The van der Waals surface area contributed by atoms with Gasteiger partial charge in [0.05, 0.1) is 11.3 Å². The molecule has 0 radical (unpaired) electrons. The van der Waals surface area contributed by atoms with E-state index in [2.05, 4.69) is 10.3 Å². The number of halogens is 1. The molecule has 0 aliphatic carbocycles. The zero-order chi connectivity index (χ0) is 22.0. The van der Waals surface area contributed by atoms with Crippen LogP contribution in [0.3, 0.4) is 0 Å². The maximum atomic E-state index is 13.0. The average Bonchev–Trinajstić information content (AvgIpc) is 3.26. The maximum absolute atomic E-state index is 13.0. The second kappa shape index (κ2) is 8.77. The molecule has 1 aliphatic heterocycles. The summed E-state index contributed by atoms with van der Waals surface area (Å²) in [5.74, 6) is -0.970. The summed E-state index contributed by atoms with van der Waals surface area (Å²) in [6, 6.07) is 11.6. The lowest BCUT2D eigenvalue weighted by atomic mass is 10.1. The molecular formula is C23H20FN3O3S. The van der Waals surface area contributed by atoms with Crippen LogP contribution in [-0.4, -0.2) is 40.0 Å². The number of hydrogen-bond donors (Lipinski definition) is 2. The van der Waals surface area contributed by atoms with E-state index >= 15 is 0 Å². The van der Waals surface area contributed by atoms with E-state index in [1.54, 1.807) is 6.08 Å². The number of amides is 3. The molecule has 3 aromatic rings. The summed E-state index contributed by atoms with van der Waals surface area (Å²) in [6.07, 6.45) is 3.59. The highest BCUT2D eigenvalue weighted by atomic mass is 32.2. The van der Waals surface area contributed by atoms with Crippen molar-refractivity contribution in [1.82, 2.24) is 15.2 Å². The summed E-state index contributed by atoms with van der Waals surface area (Å²) >= 11 is 0.834. The molecule has 0 spiro atoms. The van der Waals surface area contributed by atoms with Gasteiger partial charge >= 0.3 is 0 Å². The molecule has 8 heteroatoms. The summed E-state index contributed by atoms with van der Waals surface area (Å²) in [5, 5.41) is 3.42. The third-order valence-corrected chi connectivity index (χ3v) is 5.95. The number of carbonyl (C=O) groups excluding carboxylic acids is 3. The number of thioether (sulfide) groups is 1. The third kappa shape index (κ3) is 4.54. The fraction of sp³-hybridized carbons (Fsp3) is 0.174. The van der Waals surface area contributed by atoms with Gasteiger partial charge < -0.3 is 10.3 Å². The van der Waals surface area contributed by atoms with Crippen molar-refractivity contribution in [2.24, 2.45) is 0 Å². The van der Waals surface area contributed by atoms with Gasteiger partial charge in [-0.15, -0.1) is 0 Å². The van der Waals surface area contributed by atoms with Crippen molar-refractivity contribution < 1.29 is 18.8 Å². The van der Waals surface area contributed by atoms with Crippen LogP contribution < -0.4 is 5.32 Å².